The van der Waals surface area contributed by atoms with Crippen molar-refractivity contribution in [2.24, 2.45) is 11.7 Å². The van der Waals surface area contributed by atoms with Crippen LogP contribution in [-0.2, 0) is 10.8 Å². The number of hydrogen-bond acceptors (Lipinski definition) is 2. The van der Waals surface area contributed by atoms with Gasteiger partial charge >= 0.3 is 0 Å². The molecule has 1 unspecified atom stereocenters. The van der Waals surface area contributed by atoms with E-state index < -0.39 is 10.8 Å². The van der Waals surface area contributed by atoms with E-state index in [1.807, 2.05) is 0 Å². The summed E-state index contributed by atoms with van der Waals surface area (Å²) in [6, 6.07) is 0.368. The molecule has 1 atom stereocenters. The van der Waals surface area contributed by atoms with Crippen LogP contribution in [0.1, 0.15) is 39.5 Å². The standard InChI is InChI=1S/C10H21NOS/c1-8(2)7-13(12)10-5-3-9(11)4-6-10/h8-10H,3-7,11H2,1-2H3. The molecule has 0 saturated heterocycles. The van der Waals surface area contributed by atoms with Crippen molar-refractivity contribution in [3.63, 3.8) is 0 Å². The molecule has 1 saturated carbocycles. The minimum Gasteiger partial charge on any atom is -0.328 e. The summed E-state index contributed by atoms with van der Waals surface area (Å²) in [6.07, 6.45) is 4.27. The van der Waals surface area contributed by atoms with Gasteiger partial charge in [0.25, 0.3) is 0 Å². The Morgan fingerprint density at radius 3 is 2.31 bits per heavy atom. The van der Waals surface area contributed by atoms with Crippen molar-refractivity contribution in [3.8, 4) is 0 Å². The molecular formula is C10H21NOS. The Morgan fingerprint density at radius 2 is 1.85 bits per heavy atom. The maximum atomic E-state index is 11.8. The van der Waals surface area contributed by atoms with E-state index in [4.69, 9.17) is 5.73 Å². The second-order valence-corrected chi connectivity index (χ2v) is 6.24. The van der Waals surface area contributed by atoms with Gasteiger partial charge in [-0.1, -0.05) is 13.8 Å². The van der Waals surface area contributed by atoms with Crippen LogP contribution in [0, 0.1) is 5.92 Å². The van der Waals surface area contributed by atoms with E-state index in [1.165, 1.54) is 0 Å². The highest BCUT2D eigenvalue weighted by atomic mass is 32.2. The molecule has 1 aliphatic rings. The van der Waals surface area contributed by atoms with Gasteiger partial charge in [0.05, 0.1) is 0 Å². The van der Waals surface area contributed by atoms with Crippen molar-refractivity contribution in [1.29, 1.82) is 0 Å². The Balaban J connectivity index is 2.31. The topological polar surface area (TPSA) is 43.1 Å². The lowest BCUT2D eigenvalue weighted by Crippen LogP contribution is -2.32. The van der Waals surface area contributed by atoms with Crippen LogP contribution in [0.5, 0.6) is 0 Å². The van der Waals surface area contributed by atoms with Crippen LogP contribution in [0.15, 0.2) is 0 Å². The smallest absolute Gasteiger partial charge is 0.0349 e. The third-order valence-electron chi connectivity index (χ3n) is 2.59. The lowest BCUT2D eigenvalue weighted by Gasteiger charge is -2.25. The largest absolute Gasteiger partial charge is 0.328 e. The summed E-state index contributed by atoms with van der Waals surface area (Å²) >= 11 is 0. The van der Waals surface area contributed by atoms with E-state index >= 15 is 0 Å². The summed E-state index contributed by atoms with van der Waals surface area (Å²) in [6.45, 7) is 4.26. The van der Waals surface area contributed by atoms with Gasteiger partial charge < -0.3 is 5.73 Å². The van der Waals surface area contributed by atoms with Crippen LogP contribution in [0.25, 0.3) is 0 Å². The molecule has 0 radical (unpaired) electrons. The van der Waals surface area contributed by atoms with Gasteiger partial charge in [-0.2, -0.15) is 0 Å². The lowest BCUT2D eigenvalue weighted by atomic mass is 9.96. The van der Waals surface area contributed by atoms with Gasteiger partial charge in [-0.25, -0.2) is 0 Å². The molecule has 0 aliphatic heterocycles. The van der Waals surface area contributed by atoms with Gasteiger partial charge in [0, 0.05) is 27.8 Å². The molecule has 0 heterocycles. The summed E-state index contributed by atoms with van der Waals surface area (Å²) in [5.74, 6) is 1.41. The first-order valence-corrected chi connectivity index (χ1v) is 6.60. The third kappa shape index (κ3) is 3.77. The molecule has 0 spiro atoms. The number of rotatable bonds is 3. The minimum atomic E-state index is -0.607. The highest BCUT2D eigenvalue weighted by Gasteiger charge is 2.23. The first kappa shape index (κ1) is 11.2. The molecule has 2 N–H and O–H groups in total. The summed E-state index contributed by atoms with van der Waals surface area (Å²) < 4.78 is 11.8. The molecule has 0 aromatic heterocycles. The van der Waals surface area contributed by atoms with Crippen molar-refractivity contribution in [1.82, 2.24) is 0 Å². The zero-order valence-corrected chi connectivity index (χ0v) is 9.48. The van der Waals surface area contributed by atoms with E-state index in [9.17, 15) is 4.21 Å². The molecule has 1 rings (SSSR count). The molecule has 0 amide bonds. The Hall–Kier alpha value is 0.110. The van der Waals surface area contributed by atoms with Crippen molar-refractivity contribution >= 4 is 10.8 Å². The molecule has 13 heavy (non-hydrogen) atoms. The van der Waals surface area contributed by atoms with Crippen molar-refractivity contribution in [2.45, 2.75) is 50.8 Å². The highest BCUT2D eigenvalue weighted by Crippen LogP contribution is 2.22. The highest BCUT2D eigenvalue weighted by molar-refractivity contribution is 7.85. The van der Waals surface area contributed by atoms with Gasteiger partial charge in [-0.05, 0) is 31.6 Å². The van der Waals surface area contributed by atoms with Crippen LogP contribution < -0.4 is 5.73 Å². The predicted octanol–water partition coefficient (Wildman–Crippen LogP) is 1.66. The second kappa shape index (κ2) is 5.11. The Morgan fingerprint density at radius 1 is 1.31 bits per heavy atom. The van der Waals surface area contributed by atoms with E-state index in [-0.39, 0.29) is 0 Å². The molecule has 1 fully saturated rings. The van der Waals surface area contributed by atoms with E-state index in [0.29, 0.717) is 17.2 Å². The average molecular weight is 203 g/mol. The minimum absolute atomic E-state index is 0.368. The van der Waals surface area contributed by atoms with Gasteiger partial charge in [0.2, 0.25) is 0 Å². The van der Waals surface area contributed by atoms with Crippen LogP contribution in [0.3, 0.4) is 0 Å². The van der Waals surface area contributed by atoms with E-state index in [2.05, 4.69) is 13.8 Å². The fourth-order valence-electron chi connectivity index (χ4n) is 1.82. The van der Waals surface area contributed by atoms with Crippen LogP contribution in [0.4, 0.5) is 0 Å². The lowest BCUT2D eigenvalue weighted by molar-refractivity contribution is 0.443. The van der Waals surface area contributed by atoms with Gasteiger partial charge in [0.1, 0.15) is 0 Å². The molecule has 78 valence electrons. The summed E-state index contributed by atoms with van der Waals surface area (Å²) in [7, 11) is -0.607. The van der Waals surface area contributed by atoms with Crippen molar-refractivity contribution in [2.75, 3.05) is 5.75 Å². The summed E-state index contributed by atoms with van der Waals surface area (Å²) in [5, 5.41) is 0.433. The zero-order valence-electron chi connectivity index (χ0n) is 8.66. The molecular weight excluding hydrogens is 182 g/mol. The molecule has 0 bridgehead atoms. The third-order valence-corrected chi connectivity index (χ3v) is 4.80. The monoisotopic (exact) mass is 203 g/mol. The first-order valence-electron chi connectivity index (χ1n) is 5.22. The van der Waals surface area contributed by atoms with Gasteiger partial charge in [-0.15, -0.1) is 0 Å². The molecule has 0 aromatic rings. The average Bonchev–Trinajstić information content (AvgIpc) is 2.04. The van der Waals surface area contributed by atoms with Gasteiger partial charge in [0.15, 0.2) is 0 Å². The Bertz CT molecular complexity index is 174. The quantitative estimate of drug-likeness (QED) is 0.758. The normalized spacial score (nSPS) is 32.0. The maximum Gasteiger partial charge on any atom is 0.0349 e. The maximum absolute atomic E-state index is 11.8. The van der Waals surface area contributed by atoms with Crippen LogP contribution in [-0.4, -0.2) is 21.3 Å². The fourth-order valence-corrected chi connectivity index (χ4v) is 3.54. The number of hydrogen-bond donors (Lipinski definition) is 1. The van der Waals surface area contributed by atoms with Crippen LogP contribution in [0.2, 0.25) is 0 Å². The second-order valence-electron chi connectivity index (χ2n) is 4.48. The Labute approximate surface area is 83.7 Å². The predicted molar refractivity (Wildman–Crippen MR) is 58.1 cm³/mol. The summed E-state index contributed by atoms with van der Waals surface area (Å²) in [5.41, 5.74) is 5.80. The molecule has 3 heteroatoms. The molecule has 0 aromatic carbocycles. The molecule has 2 nitrogen and oxygen atoms in total. The van der Waals surface area contributed by atoms with E-state index in [1.54, 1.807) is 0 Å². The zero-order chi connectivity index (χ0) is 9.84. The fraction of sp³-hybridized carbons (Fsp3) is 1.00. The van der Waals surface area contributed by atoms with Crippen LogP contribution >= 0.6 is 0 Å². The summed E-state index contributed by atoms with van der Waals surface area (Å²) in [4.78, 5) is 0. The van der Waals surface area contributed by atoms with Gasteiger partial charge in [-0.3, -0.25) is 4.21 Å². The Kier molecular flexibility index (Phi) is 4.39. The van der Waals surface area contributed by atoms with Crippen molar-refractivity contribution < 1.29 is 4.21 Å². The molecule has 1 aliphatic carbocycles. The van der Waals surface area contributed by atoms with Crippen molar-refractivity contribution in [3.05, 3.63) is 0 Å². The first-order chi connectivity index (χ1) is 6.09. The number of nitrogens with two attached hydrogens (primary N) is 1. The SMILES string of the molecule is CC(C)CS(=O)C1CCC(N)CC1. The van der Waals surface area contributed by atoms with E-state index in [0.717, 1.165) is 31.4 Å².